The molecule has 0 aromatic carbocycles. The summed E-state index contributed by atoms with van der Waals surface area (Å²) in [4.78, 5) is 0. The molecule has 0 saturated heterocycles. The van der Waals surface area contributed by atoms with E-state index in [0.717, 1.165) is 25.7 Å². The van der Waals surface area contributed by atoms with Gasteiger partial charge < -0.3 is 4.55 Å². The van der Waals surface area contributed by atoms with Crippen LogP contribution in [-0.2, 0) is 14.6 Å². The van der Waals surface area contributed by atoms with Gasteiger partial charge in [-0.3, -0.25) is 4.18 Å². The molecule has 0 aromatic rings. The van der Waals surface area contributed by atoms with Crippen LogP contribution in [-0.4, -0.2) is 19.6 Å². The van der Waals surface area contributed by atoms with Crippen LogP contribution in [0.4, 0.5) is 0 Å². The molecule has 35 heavy (non-hydrogen) atoms. The summed E-state index contributed by atoms with van der Waals surface area (Å²) in [6, 6.07) is 0. The Morgan fingerprint density at radius 3 is 1.40 bits per heavy atom. The molecule has 0 aliphatic carbocycles. The Labute approximate surface area is 262 Å². The van der Waals surface area contributed by atoms with Gasteiger partial charge in [-0.15, -0.1) is 0 Å². The van der Waals surface area contributed by atoms with Crippen molar-refractivity contribution in [1.82, 2.24) is 0 Å². The van der Waals surface area contributed by atoms with Crippen molar-refractivity contribution in [1.29, 1.82) is 0 Å². The zero-order valence-corrected chi connectivity index (χ0v) is 27.7. The number of rotatable bonds is 27. The van der Waals surface area contributed by atoms with Crippen molar-refractivity contribution in [2.75, 3.05) is 6.61 Å². The SMILES string of the molecule is CCCCCCCCCCCCCCCCC/C=C/C(CCCCCCCC)COS(=O)(=O)[O-].[K+]. The van der Waals surface area contributed by atoms with Gasteiger partial charge in [-0.1, -0.05) is 154 Å². The van der Waals surface area contributed by atoms with Gasteiger partial charge in [0.25, 0.3) is 0 Å². The first-order valence-electron chi connectivity index (χ1n) is 14.8. The fraction of sp³-hybridized carbons (Fsp3) is 0.931. The number of hydrogen-bond acceptors (Lipinski definition) is 4. The Bertz CT molecular complexity index is 537. The van der Waals surface area contributed by atoms with Crippen LogP contribution in [0.2, 0.25) is 0 Å². The largest absolute Gasteiger partial charge is 1.00 e. The van der Waals surface area contributed by atoms with Crippen LogP contribution in [0, 0.1) is 5.92 Å². The molecule has 0 aliphatic rings. The van der Waals surface area contributed by atoms with Crippen LogP contribution < -0.4 is 51.4 Å². The summed E-state index contributed by atoms with van der Waals surface area (Å²) < 4.78 is 37.0. The van der Waals surface area contributed by atoms with E-state index in [9.17, 15) is 13.0 Å². The second-order valence-electron chi connectivity index (χ2n) is 10.2. The molecule has 0 spiro atoms. The predicted octanol–water partition coefficient (Wildman–Crippen LogP) is 6.65. The zero-order chi connectivity index (χ0) is 25.2. The molecule has 4 nitrogen and oxygen atoms in total. The molecule has 204 valence electrons. The Kier molecular flexibility index (Phi) is 32.7. The second kappa shape index (κ2) is 29.8. The van der Waals surface area contributed by atoms with Gasteiger partial charge in [0, 0.05) is 5.92 Å². The smallest absolute Gasteiger partial charge is 0.726 e. The third-order valence-electron chi connectivity index (χ3n) is 6.74. The van der Waals surface area contributed by atoms with E-state index in [1.165, 1.54) is 122 Å². The van der Waals surface area contributed by atoms with E-state index in [2.05, 4.69) is 30.2 Å². The van der Waals surface area contributed by atoms with Crippen LogP contribution >= 0.6 is 0 Å². The Balaban J connectivity index is 0. The quantitative estimate of drug-likeness (QED) is 0.0384. The minimum absolute atomic E-state index is 0. The van der Waals surface area contributed by atoms with Gasteiger partial charge in [-0.05, 0) is 19.3 Å². The van der Waals surface area contributed by atoms with E-state index < -0.39 is 10.4 Å². The third kappa shape index (κ3) is 33.2. The van der Waals surface area contributed by atoms with Crippen molar-refractivity contribution >= 4 is 10.4 Å². The summed E-state index contributed by atoms with van der Waals surface area (Å²) in [5.41, 5.74) is 0. The van der Waals surface area contributed by atoms with Crippen LogP contribution in [0.5, 0.6) is 0 Å². The first kappa shape index (κ1) is 38.4. The fourth-order valence-corrected chi connectivity index (χ4v) is 4.86. The summed E-state index contributed by atoms with van der Waals surface area (Å²) in [5.74, 6) is 0.0197. The van der Waals surface area contributed by atoms with Gasteiger partial charge in [0.15, 0.2) is 0 Å². The Morgan fingerprint density at radius 2 is 1.00 bits per heavy atom. The third-order valence-corrected chi connectivity index (χ3v) is 7.16. The van der Waals surface area contributed by atoms with Crippen molar-refractivity contribution in [2.24, 2.45) is 5.92 Å². The van der Waals surface area contributed by atoms with Crippen LogP contribution in [0.25, 0.3) is 0 Å². The average molecular weight is 541 g/mol. The first-order valence-corrected chi connectivity index (χ1v) is 16.1. The molecule has 0 aromatic heterocycles. The van der Waals surface area contributed by atoms with Crippen molar-refractivity contribution in [3.05, 3.63) is 12.2 Å². The molecule has 0 amide bonds. The maximum Gasteiger partial charge on any atom is 1.00 e. The van der Waals surface area contributed by atoms with Gasteiger partial charge in [-0.25, -0.2) is 8.42 Å². The minimum Gasteiger partial charge on any atom is -0.726 e. The van der Waals surface area contributed by atoms with E-state index in [1.807, 2.05) is 0 Å². The van der Waals surface area contributed by atoms with Crippen LogP contribution in [0.15, 0.2) is 12.2 Å². The van der Waals surface area contributed by atoms with E-state index in [1.54, 1.807) is 0 Å². The predicted molar refractivity (Wildman–Crippen MR) is 146 cm³/mol. The summed E-state index contributed by atoms with van der Waals surface area (Å²) in [6.07, 6.45) is 33.9. The monoisotopic (exact) mass is 540 g/mol. The molecule has 0 bridgehead atoms. The van der Waals surface area contributed by atoms with Crippen molar-refractivity contribution in [2.45, 2.75) is 162 Å². The second-order valence-corrected chi connectivity index (χ2v) is 11.2. The van der Waals surface area contributed by atoms with Gasteiger partial charge in [-0.2, -0.15) is 0 Å². The number of unbranched alkanes of at least 4 members (excludes halogenated alkanes) is 20. The van der Waals surface area contributed by atoms with Crippen molar-refractivity contribution in [3.8, 4) is 0 Å². The number of allylic oxidation sites excluding steroid dienone is 1. The molecule has 0 heterocycles. The Hall–Kier alpha value is 1.25. The maximum absolute atomic E-state index is 10.8. The van der Waals surface area contributed by atoms with Crippen molar-refractivity contribution < 1.29 is 68.5 Å². The molecule has 1 unspecified atom stereocenters. The van der Waals surface area contributed by atoms with E-state index in [4.69, 9.17) is 0 Å². The molecule has 0 rings (SSSR count). The molecule has 0 N–H and O–H groups in total. The molecule has 0 fully saturated rings. The standard InChI is InChI=1S/C29H58O4S.K/c1-3-5-7-9-11-12-13-14-15-16-17-18-19-20-21-23-25-27-29(28-33-34(30,31)32)26-24-22-10-8-6-4-2;/h25,27,29H,3-24,26,28H2,1-2H3,(H,30,31,32);/q;+1/p-1/b27-25+;. The maximum atomic E-state index is 10.8. The van der Waals surface area contributed by atoms with Gasteiger partial charge in [0.2, 0.25) is 10.4 Å². The average Bonchev–Trinajstić information content (AvgIpc) is 2.80. The van der Waals surface area contributed by atoms with E-state index in [-0.39, 0.29) is 63.9 Å². The van der Waals surface area contributed by atoms with Crippen LogP contribution in [0.1, 0.15) is 162 Å². The summed E-state index contributed by atoms with van der Waals surface area (Å²) in [6.45, 7) is 4.47. The molecular weight excluding hydrogens is 483 g/mol. The molecule has 1 atom stereocenters. The van der Waals surface area contributed by atoms with Gasteiger partial charge >= 0.3 is 51.4 Å². The Morgan fingerprint density at radius 1 is 0.629 bits per heavy atom. The van der Waals surface area contributed by atoms with Crippen LogP contribution in [0.3, 0.4) is 0 Å². The molecule has 6 heteroatoms. The van der Waals surface area contributed by atoms with E-state index in [0.29, 0.717) is 0 Å². The van der Waals surface area contributed by atoms with Gasteiger partial charge in [0.05, 0.1) is 6.61 Å². The number of hydrogen-bond donors (Lipinski definition) is 0. The summed E-state index contributed by atoms with van der Waals surface area (Å²) in [5, 5.41) is 0. The minimum atomic E-state index is -4.61. The molecule has 0 saturated carbocycles. The molecule has 0 aliphatic heterocycles. The first-order chi connectivity index (χ1) is 16.5. The topological polar surface area (TPSA) is 66.4 Å². The fourth-order valence-electron chi connectivity index (χ4n) is 4.51. The summed E-state index contributed by atoms with van der Waals surface area (Å²) in [7, 11) is -4.61. The van der Waals surface area contributed by atoms with Gasteiger partial charge in [0.1, 0.15) is 0 Å². The van der Waals surface area contributed by atoms with E-state index >= 15 is 0 Å². The summed E-state index contributed by atoms with van der Waals surface area (Å²) >= 11 is 0. The normalized spacial score (nSPS) is 12.8. The zero-order valence-electron chi connectivity index (χ0n) is 23.7. The molecular formula is C29H57KO4S. The van der Waals surface area contributed by atoms with Crippen molar-refractivity contribution in [3.63, 3.8) is 0 Å². The molecule has 0 radical (unpaired) electrons.